The van der Waals surface area contributed by atoms with Crippen LogP contribution in [0.3, 0.4) is 0 Å². The molecule has 33 heavy (non-hydrogen) atoms. The Morgan fingerprint density at radius 3 is 2.82 bits per heavy atom. The molecule has 0 bridgehead atoms. The van der Waals surface area contributed by atoms with Crippen LogP contribution in [0.5, 0.6) is 0 Å². The molecule has 0 radical (unpaired) electrons. The number of nitrogens with one attached hydrogen (secondary N) is 1. The zero-order chi connectivity index (χ0) is 22.6. The van der Waals surface area contributed by atoms with E-state index in [2.05, 4.69) is 38.7 Å². The first kappa shape index (κ1) is 21.7. The number of para-hydroxylation sites is 1. The molecule has 0 aliphatic carbocycles. The molecule has 9 heteroatoms. The highest BCUT2D eigenvalue weighted by molar-refractivity contribution is 7.99. The molecule has 7 nitrogen and oxygen atoms in total. The molecule has 3 heterocycles. The summed E-state index contributed by atoms with van der Waals surface area (Å²) >= 11 is 2.99. The maximum absolute atomic E-state index is 12.9. The van der Waals surface area contributed by atoms with E-state index in [1.54, 1.807) is 11.3 Å². The number of aromatic nitrogens is 4. The summed E-state index contributed by atoms with van der Waals surface area (Å²) in [4.78, 5) is 19.5. The van der Waals surface area contributed by atoms with Gasteiger partial charge in [-0.3, -0.25) is 4.79 Å². The number of amides is 1. The third kappa shape index (κ3) is 4.79. The first-order chi connectivity index (χ1) is 16.2. The summed E-state index contributed by atoms with van der Waals surface area (Å²) in [6.07, 6.45) is 2.02. The number of aryl methyl sites for hydroxylation is 1. The zero-order valence-corrected chi connectivity index (χ0v) is 19.9. The van der Waals surface area contributed by atoms with Gasteiger partial charge in [0, 0.05) is 30.2 Å². The molecule has 1 aliphatic heterocycles. The van der Waals surface area contributed by atoms with Crippen LogP contribution in [0.1, 0.15) is 17.8 Å². The van der Waals surface area contributed by atoms with Gasteiger partial charge in [-0.05, 0) is 24.5 Å². The number of anilines is 2. The Morgan fingerprint density at radius 2 is 1.94 bits per heavy atom. The van der Waals surface area contributed by atoms with E-state index in [0.717, 1.165) is 52.4 Å². The third-order valence-corrected chi connectivity index (χ3v) is 7.44. The number of hydrogen-bond donors (Lipinski definition) is 1. The minimum Gasteiger partial charge on any atom is -0.354 e. The molecule has 1 aliphatic rings. The Bertz CT molecular complexity index is 1250. The summed E-state index contributed by atoms with van der Waals surface area (Å²) < 4.78 is 1.93. The van der Waals surface area contributed by atoms with Crippen molar-refractivity contribution >= 4 is 39.8 Å². The first-order valence-electron chi connectivity index (χ1n) is 10.8. The van der Waals surface area contributed by atoms with Crippen molar-refractivity contribution in [2.24, 2.45) is 7.05 Å². The molecule has 0 unspecified atom stereocenters. The summed E-state index contributed by atoms with van der Waals surface area (Å²) in [7, 11) is 1.93. The van der Waals surface area contributed by atoms with Crippen LogP contribution in [-0.4, -0.2) is 38.0 Å². The monoisotopic (exact) mass is 476 g/mol. The normalized spacial score (nSPS) is 13.1. The molecule has 0 fully saturated rings. The summed E-state index contributed by atoms with van der Waals surface area (Å²) in [5, 5.41) is 15.5. The van der Waals surface area contributed by atoms with Crippen LogP contribution in [0.2, 0.25) is 0 Å². The van der Waals surface area contributed by atoms with Crippen molar-refractivity contribution in [1.82, 2.24) is 19.7 Å². The van der Waals surface area contributed by atoms with Gasteiger partial charge in [-0.2, -0.15) is 0 Å². The van der Waals surface area contributed by atoms with Crippen molar-refractivity contribution in [3.8, 4) is 11.3 Å². The summed E-state index contributed by atoms with van der Waals surface area (Å²) in [6, 6.07) is 18.3. The van der Waals surface area contributed by atoms with Gasteiger partial charge in [0.15, 0.2) is 16.1 Å². The number of fused-ring (bicyclic) bond motifs is 1. The Kier molecular flexibility index (Phi) is 6.41. The minimum atomic E-state index is 0.103. The third-order valence-electron chi connectivity index (χ3n) is 5.63. The Labute approximate surface area is 200 Å². The molecule has 5 rings (SSSR count). The summed E-state index contributed by atoms with van der Waals surface area (Å²) in [5.74, 6) is 1.23. The van der Waals surface area contributed by atoms with Gasteiger partial charge in [0.25, 0.3) is 0 Å². The quantitative estimate of drug-likeness (QED) is 0.392. The number of benzene rings is 2. The molecule has 2 aromatic heterocycles. The lowest BCUT2D eigenvalue weighted by molar-refractivity contribution is -0.116. The number of thioether (sulfide) groups is 1. The van der Waals surface area contributed by atoms with Gasteiger partial charge >= 0.3 is 0 Å². The standard InChI is InChI=1S/C24H24N6OS2/c1-29-21(14-25-23-26-19(15-32-23)17-8-3-2-4-9-17)27-28-24(29)33-16-22(31)30-13-7-11-18-10-5-6-12-20(18)30/h2-6,8-10,12,15H,7,11,13-14,16H2,1H3,(H,25,26). The van der Waals surface area contributed by atoms with Gasteiger partial charge in [0.1, 0.15) is 0 Å². The predicted molar refractivity (Wildman–Crippen MR) is 134 cm³/mol. The Balaban J connectivity index is 1.18. The molecule has 1 amide bonds. The van der Waals surface area contributed by atoms with Gasteiger partial charge in [-0.25, -0.2) is 4.98 Å². The first-order valence-corrected chi connectivity index (χ1v) is 12.7. The number of rotatable bonds is 7. The molecular weight excluding hydrogens is 452 g/mol. The smallest absolute Gasteiger partial charge is 0.237 e. The molecule has 0 saturated heterocycles. The van der Waals surface area contributed by atoms with E-state index in [-0.39, 0.29) is 5.91 Å². The number of carbonyl (C=O) groups is 1. The summed E-state index contributed by atoms with van der Waals surface area (Å²) in [5.41, 5.74) is 4.33. The van der Waals surface area contributed by atoms with Crippen molar-refractivity contribution in [1.29, 1.82) is 0 Å². The molecule has 0 atom stereocenters. The maximum Gasteiger partial charge on any atom is 0.237 e. The fourth-order valence-corrected chi connectivity index (χ4v) is 5.40. The predicted octanol–water partition coefficient (Wildman–Crippen LogP) is 4.62. The number of nitrogens with zero attached hydrogens (tertiary/aromatic N) is 5. The fourth-order valence-electron chi connectivity index (χ4n) is 3.87. The van der Waals surface area contributed by atoms with E-state index in [4.69, 9.17) is 0 Å². The topological polar surface area (TPSA) is 75.9 Å². The molecule has 2 aromatic carbocycles. The van der Waals surface area contributed by atoms with Crippen molar-refractivity contribution < 1.29 is 4.79 Å². The van der Waals surface area contributed by atoms with E-state index in [1.165, 1.54) is 17.3 Å². The lowest BCUT2D eigenvalue weighted by Gasteiger charge is -2.29. The minimum absolute atomic E-state index is 0.103. The van der Waals surface area contributed by atoms with Crippen LogP contribution in [0, 0.1) is 0 Å². The largest absolute Gasteiger partial charge is 0.354 e. The van der Waals surface area contributed by atoms with E-state index in [0.29, 0.717) is 12.3 Å². The second kappa shape index (κ2) is 9.76. The van der Waals surface area contributed by atoms with Crippen molar-refractivity contribution in [3.63, 3.8) is 0 Å². The van der Waals surface area contributed by atoms with Crippen LogP contribution in [0.25, 0.3) is 11.3 Å². The van der Waals surface area contributed by atoms with E-state index in [1.807, 2.05) is 58.3 Å². The number of thiazole rings is 1. The van der Waals surface area contributed by atoms with Crippen molar-refractivity contribution in [2.75, 3.05) is 22.5 Å². The number of hydrogen-bond acceptors (Lipinski definition) is 7. The summed E-state index contributed by atoms with van der Waals surface area (Å²) in [6.45, 7) is 1.28. The maximum atomic E-state index is 12.9. The molecule has 0 spiro atoms. The molecule has 0 saturated carbocycles. The van der Waals surface area contributed by atoms with Crippen LogP contribution < -0.4 is 10.2 Å². The van der Waals surface area contributed by atoms with E-state index < -0.39 is 0 Å². The van der Waals surface area contributed by atoms with Gasteiger partial charge in [-0.15, -0.1) is 21.5 Å². The van der Waals surface area contributed by atoms with Crippen molar-refractivity contribution in [3.05, 3.63) is 71.4 Å². The average molecular weight is 477 g/mol. The van der Waals surface area contributed by atoms with E-state index in [9.17, 15) is 4.79 Å². The number of carbonyl (C=O) groups excluding carboxylic acids is 1. The highest BCUT2D eigenvalue weighted by Crippen LogP contribution is 2.28. The van der Waals surface area contributed by atoms with Crippen LogP contribution in [0.4, 0.5) is 10.8 Å². The van der Waals surface area contributed by atoms with Crippen LogP contribution in [-0.2, 0) is 24.8 Å². The highest BCUT2D eigenvalue weighted by atomic mass is 32.2. The SMILES string of the molecule is Cn1c(CNc2nc(-c3ccccc3)cs2)nnc1SCC(=O)N1CCCc2ccccc21. The molecule has 4 aromatic rings. The second-order valence-electron chi connectivity index (χ2n) is 7.78. The van der Waals surface area contributed by atoms with Gasteiger partial charge < -0.3 is 14.8 Å². The van der Waals surface area contributed by atoms with Crippen LogP contribution >= 0.6 is 23.1 Å². The second-order valence-corrected chi connectivity index (χ2v) is 9.58. The fraction of sp³-hybridized carbons (Fsp3) is 0.250. The Morgan fingerprint density at radius 1 is 1.12 bits per heavy atom. The lowest BCUT2D eigenvalue weighted by Crippen LogP contribution is -2.36. The van der Waals surface area contributed by atoms with Crippen LogP contribution in [0.15, 0.2) is 65.1 Å². The van der Waals surface area contributed by atoms with Crippen molar-refractivity contribution in [2.45, 2.75) is 24.5 Å². The lowest BCUT2D eigenvalue weighted by atomic mass is 10.0. The Hall–Kier alpha value is -3.17. The molecular formula is C24H24N6OS2. The molecule has 1 N–H and O–H groups in total. The van der Waals surface area contributed by atoms with Gasteiger partial charge in [-0.1, -0.05) is 60.3 Å². The average Bonchev–Trinajstić information content (AvgIpc) is 3.48. The van der Waals surface area contributed by atoms with Gasteiger partial charge in [0.05, 0.1) is 18.0 Å². The zero-order valence-electron chi connectivity index (χ0n) is 18.3. The highest BCUT2D eigenvalue weighted by Gasteiger charge is 2.23. The van der Waals surface area contributed by atoms with E-state index >= 15 is 0 Å². The molecule has 168 valence electrons. The van der Waals surface area contributed by atoms with Gasteiger partial charge in [0.2, 0.25) is 5.91 Å².